The molecule has 66 valence electrons. The molecule has 0 amide bonds. The van der Waals surface area contributed by atoms with E-state index in [2.05, 4.69) is 13.8 Å². The minimum Gasteiger partial charge on any atom is -0.393 e. The van der Waals surface area contributed by atoms with Crippen LogP contribution in [-0.4, -0.2) is 17.5 Å². The van der Waals surface area contributed by atoms with Crippen LogP contribution >= 0.6 is 0 Å². The van der Waals surface area contributed by atoms with Crippen molar-refractivity contribution in [3.63, 3.8) is 0 Å². The lowest BCUT2D eigenvalue weighted by molar-refractivity contribution is -0.109. The van der Waals surface area contributed by atoms with E-state index in [0.717, 1.165) is 25.5 Å². The second-order valence-corrected chi connectivity index (χ2v) is 3.15. The van der Waals surface area contributed by atoms with Crippen molar-refractivity contribution in [2.45, 2.75) is 45.6 Å². The fourth-order valence-corrected chi connectivity index (χ4v) is 0.910. The van der Waals surface area contributed by atoms with E-state index in [1.807, 2.05) is 0 Å². The first-order valence-corrected chi connectivity index (χ1v) is 4.32. The van der Waals surface area contributed by atoms with Gasteiger partial charge in [0, 0.05) is 6.42 Å². The van der Waals surface area contributed by atoms with Gasteiger partial charge in [-0.2, -0.15) is 0 Å². The lowest BCUT2D eigenvalue weighted by Crippen LogP contribution is -2.08. The molecule has 0 aliphatic carbocycles. The molecule has 2 nitrogen and oxygen atoms in total. The molecular formula is C9H18O2. The van der Waals surface area contributed by atoms with Crippen molar-refractivity contribution < 1.29 is 9.90 Å². The molecule has 0 aromatic carbocycles. The van der Waals surface area contributed by atoms with Crippen molar-refractivity contribution in [3.8, 4) is 0 Å². The molecule has 0 radical (unpaired) electrons. The Hall–Kier alpha value is -0.370. The molecule has 2 unspecified atom stereocenters. The number of hydrogen-bond donors (Lipinski definition) is 1. The summed E-state index contributed by atoms with van der Waals surface area (Å²) in [6, 6.07) is 0. The number of rotatable bonds is 6. The Morgan fingerprint density at radius 2 is 2.09 bits per heavy atom. The molecule has 0 heterocycles. The van der Waals surface area contributed by atoms with Gasteiger partial charge in [-0.25, -0.2) is 0 Å². The molecule has 0 saturated heterocycles. The summed E-state index contributed by atoms with van der Waals surface area (Å²) in [6.07, 6.45) is 3.58. The van der Waals surface area contributed by atoms with Gasteiger partial charge in [-0.05, 0) is 18.8 Å². The van der Waals surface area contributed by atoms with Crippen LogP contribution < -0.4 is 0 Å². The molecule has 1 N–H and O–H groups in total. The number of aliphatic hydroxyl groups excluding tert-OH is 1. The third-order valence-corrected chi connectivity index (χ3v) is 2.06. The summed E-state index contributed by atoms with van der Waals surface area (Å²) in [5.74, 6) is 0.663. The van der Waals surface area contributed by atoms with Gasteiger partial charge in [0.25, 0.3) is 0 Å². The van der Waals surface area contributed by atoms with Crippen molar-refractivity contribution in [1.82, 2.24) is 0 Å². The third kappa shape index (κ3) is 6.05. The van der Waals surface area contributed by atoms with Crippen LogP contribution in [0.5, 0.6) is 0 Å². The maximum Gasteiger partial charge on any atom is 0.122 e. The van der Waals surface area contributed by atoms with Crippen LogP contribution in [-0.2, 0) is 4.79 Å². The van der Waals surface area contributed by atoms with Gasteiger partial charge in [-0.1, -0.05) is 20.3 Å². The second kappa shape index (κ2) is 6.35. The average molecular weight is 158 g/mol. The summed E-state index contributed by atoms with van der Waals surface area (Å²) in [4.78, 5) is 9.97. The molecule has 0 bridgehead atoms. The van der Waals surface area contributed by atoms with E-state index in [1.165, 1.54) is 0 Å². The number of carbonyl (C=O) groups excluding carboxylic acids is 1. The largest absolute Gasteiger partial charge is 0.393 e. The fourth-order valence-electron chi connectivity index (χ4n) is 0.910. The van der Waals surface area contributed by atoms with Crippen LogP contribution in [0.3, 0.4) is 0 Å². The van der Waals surface area contributed by atoms with Crippen LogP contribution in [0.25, 0.3) is 0 Å². The van der Waals surface area contributed by atoms with E-state index in [9.17, 15) is 4.79 Å². The van der Waals surface area contributed by atoms with Crippen LogP contribution in [0.4, 0.5) is 0 Å². The predicted molar refractivity (Wildman–Crippen MR) is 45.4 cm³/mol. The van der Waals surface area contributed by atoms with Gasteiger partial charge in [0.05, 0.1) is 6.10 Å². The summed E-state index contributed by atoms with van der Waals surface area (Å²) in [5.41, 5.74) is 0. The van der Waals surface area contributed by atoms with Gasteiger partial charge in [0.15, 0.2) is 0 Å². The van der Waals surface area contributed by atoms with Gasteiger partial charge in [0.1, 0.15) is 6.29 Å². The number of carbonyl (C=O) groups is 1. The molecule has 0 aliphatic heterocycles. The Balaban J connectivity index is 3.29. The standard InChI is InChI=1S/C9H18O2/c1-3-8(2)4-5-9(11)6-7-10/h7-9,11H,3-6H2,1-2H3. The highest BCUT2D eigenvalue weighted by Crippen LogP contribution is 2.11. The van der Waals surface area contributed by atoms with Crippen molar-refractivity contribution in [1.29, 1.82) is 0 Å². The van der Waals surface area contributed by atoms with Gasteiger partial charge < -0.3 is 9.90 Å². The topological polar surface area (TPSA) is 37.3 Å². The third-order valence-electron chi connectivity index (χ3n) is 2.06. The highest BCUT2D eigenvalue weighted by molar-refractivity contribution is 5.49. The number of hydrogen-bond acceptors (Lipinski definition) is 2. The van der Waals surface area contributed by atoms with Gasteiger partial charge >= 0.3 is 0 Å². The first-order chi connectivity index (χ1) is 5.20. The minimum atomic E-state index is -0.415. The molecule has 0 aliphatic rings. The lowest BCUT2D eigenvalue weighted by atomic mass is 10.00. The quantitative estimate of drug-likeness (QED) is 0.598. The summed E-state index contributed by atoms with van der Waals surface area (Å²) in [7, 11) is 0. The molecule has 2 heteroatoms. The first kappa shape index (κ1) is 10.6. The van der Waals surface area contributed by atoms with Crippen molar-refractivity contribution in [3.05, 3.63) is 0 Å². The van der Waals surface area contributed by atoms with Crippen molar-refractivity contribution in [2.24, 2.45) is 5.92 Å². The molecule has 2 atom stereocenters. The molecule has 0 spiro atoms. The molecule has 0 rings (SSSR count). The fraction of sp³-hybridized carbons (Fsp3) is 0.889. The summed E-state index contributed by atoms with van der Waals surface area (Å²) < 4.78 is 0. The monoisotopic (exact) mass is 158 g/mol. The zero-order chi connectivity index (χ0) is 8.69. The number of aldehydes is 1. The van der Waals surface area contributed by atoms with Crippen LogP contribution in [0.2, 0.25) is 0 Å². The highest BCUT2D eigenvalue weighted by atomic mass is 16.3. The lowest BCUT2D eigenvalue weighted by Gasteiger charge is -2.10. The minimum absolute atomic E-state index is 0.288. The molecular weight excluding hydrogens is 140 g/mol. The van der Waals surface area contributed by atoms with Crippen molar-refractivity contribution in [2.75, 3.05) is 0 Å². The Bertz CT molecular complexity index is 102. The van der Waals surface area contributed by atoms with E-state index in [-0.39, 0.29) is 6.42 Å². The molecule has 0 aromatic rings. The van der Waals surface area contributed by atoms with Crippen LogP contribution in [0.15, 0.2) is 0 Å². The van der Waals surface area contributed by atoms with E-state index in [1.54, 1.807) is 0 Å². The van der Waals surface area contributed by atoms with E-state index in [0.29, 0.717) is 5.92 Å². The Morgan fingerprint density at radius 1 is 1.45 bits per heavy atom. The maximum atomic E-state index is 9.97. The van der Waals surface area contributed by atoms with E-state index in [4.69, 9.17) is 5.11 Å². The van der Waals surface area contributed by atoms with Crippen molar-refractivity contribution >= 4 is 6.29 Å². The molecule has 0 aromatic heterocycles. The summed E-state index contributed by atoms with van der Waals surface area (Å²) >= 11 is 0. The van der Waals surface area contributed by atoms with Crippen LogP contribution in [0, 0.1) is 5.92 Å². The zero-order valence-corrected chi connectivity index (χ0v) is 7.42. The molecule has 0 fully saturated rings. The van der Waals surface area contributed by atoms with Crippen LogP contribution in [0.1, 0.15) is 39.5 Å². The zero-order valence-electron chi connectivity index (χ0n) is 7.42. The second-order valence-electron chi connectivity index (χ2n) is 3.15. The summed E-state index contributed by atoms with van der Waals surface area (Å²) in [6.45, 7) is 4.30. The average Bonchev–Trinajstić information content (AvgIpc) is 2.01. The van der Waals surface area contributed by atoms with Gasteiger partial charge in [-0.15, -0.1) is 0 Å². The van der Waals surface area contributed by atoms with Gasteiger partial charge in [-0.3, -0.25) is 0 Å². The smallest absolute Gasteiger partial charge is 0.122 e. The molecule has 0 saturated carbocycles. The number of aliphatic hydroxyl groups is 1. The Kier molecular flexibility index (Phi) is 6.13. The SMILES string of the molecule is CCC(C)CCC(O)CC=O. The highest BCUT2D eigenvalue weighted by Gasteiger charge is 2.05. The Morgan fingerprint density at radius 3 is 2.55 bits per heavy atom. The van der Waals surface area contributed by atoms with E-state index >= 15 is 0 Å². The normalized spacial score (nSPS) is 15.9. The Labute approximate surface area is 68.6 Å². The predicted octanol–water partition coefficient (Wildman–Crippen LogP) is 1.76. The van der Waals surface area contributed by atoms with E-state index < -0.39 is 6.10 Å². The molecule has 11 heavy (non-hydrogen) atoms. The first-order valence-electron chi connectivity index (χ1n) is 4.32. The van der Waals surface area contributed by atoms with Gasteiger partial charge in [0.2, 0.25) is 0 Å². The summed E-state index contributed by atoms with van der Waals surface area (Å²) in [5, 5.41) is 9.16. The maximum absolute atomic E-state index is 9.97.